The minimum Gasteiger partial charge on any atom is -0.353 e. The topological polar surface area (TPSA) is 127 Å². The van der Waals surface area contributed by atoms with Crippen molar-refractivity contribution in [2.24, 2.45) is 7.05 Å². The molecule has 0 bridgehead atoms. The Bertz CT molecular complexity index is 792. The van der Waals surface area contributed by atoms with Crippen LogP contribution in [0.25, 0.3) is 0 Å². The minimum atomic E-state index is -0.431. The molecule has 2 N–H and O–H groups in total. The number of anilines is 1. The summed E-state index contributed by atoms with van der Waals surface area (Å²) in [4.78, 5) is 17.6. The maximum atomic E-state index is 11.4. The van der Waals surface area contributed by atoms with Crippen molar-refractivity contribution < 1.29 is 9.45 Å². The first-order valence-electron chi connectivity index (χ1n) is 8.61. The Labute approximate surface area is 163 Å². The van der Waals surface area contributed by atoms with Gasteiger partial charge in [0.25, 0.3) is 0 Å². The maximum absolute atomic E-state index is 11.4. The monoisotopic (exact) mass is 400 g/mol. The Hall–Kier alpha value is -2.24. The molecule has 2 atom stereocenters. The summed E-state index contributed by atoms with van der Waals surface area (Å²) in [5.74, 6) is 1.36. The van der Waals surface area contributed by atoms with E-state index < -0.39 is 4.92 Å². The lowest BCUT2D eigenvalue weighted by Crippen LogP contribution is -2.44. The van der Waals surface area contributed by atoms with Crippen LogP contribution in [0.2, 0.25) is 0 Å². The van der Waals surface area contributed by atoms with Gasteiger partial charge >= 0.3 is 5.69 Å². The van der Waals surface area contributed by atoms with Gasteiger partial charge in [-0.1, -0.05) is 12.1 Å². The fourth-order valence-corrected chi connectivity index (χ4v) is 3.15. The van der Waals surface area contributed by atoms with Crippen LogP contribution in [0.1, 0.15) is 42.8 Å². The van der Waals surface area contributed by atoms with Gasteiger partial charge < -0.3 is 15.2 Å². The third kappa shape index (κ3) is 4.20. The molecule has 0 saturated carbocycles. The summed E-state index contributed by atoms with van der Waals surface area (Å²) >= 11 is 0. The fraction of sp³-hybridized carbons (Fsp3) is 0.667. The Morgan fingerprint density at radius 3 is 2.85 bits per heavy atom. The van der Waals surface area contributed by atoms with Crippen molar-refractivity contribution in [3.63, 3.8) is 0 Å². The molecule has 150 valence electrons. The number of nitro groups is 1. The van der Waals surface area contributed by atoms with Crippen molar-refractivity contribution in [3.8, 4) is 0 Å². The quantitative estimate of drug-likeness (QED) is 0.548. The molecule has 3 heterocycles. The predicted octanol–water partition coefficient (Wildman–Crippen LogP) is 1.58. The highest BCUT2D eigenvalue weighted by Crippen LogP contribution is 2.31. The second-order valence-electron chi connectivity index (χ2n) is 6.46. The number of hydrogen-bond donors (Lipinski definition) is 2. The van der Waals surface area contributed by atoms with Gasteiger partial charge in [-0.05, 0) is 20.4 Å². The van der Waals surface area contributed by atoms with E-state index in [0.29, 0.717) is 29.6 Å². The van der Waals surface area contributed by atoms with Crippen LogP contribution in [0, 0.1) is 17.0 Å². The van der Waals surface area contributed by atoms with E-state index in [2.05, 4.69) is 30.8 Å². The zero-order valence-corrected chi connectivity index (χ0v) is 16.6. The van der Waals surface area contributed by atoms with Crippen LogP contribution in [-0.4, -0.2) is 56.4 Å². The smallest absolute Gasteiger partial charge is 0.333 e. The zero-order valence-electron chi connectivity index (χ0n) is 15.8. The number of likely N-dealkylation sites (N-methyl/N-ethyl adjacent to an activating group) is 1. The van der Waals surface area contributed by atoms with E-state index in [-0.39, 0.29) is 30.2 Å². The van der Waals surface area contributed by atoms with Crippen LogP contribution in [0.5, 0.6) is 0 Å². The number of piperazine rings is 1. The third-order valence-corrected chi connectivity index (χ3v) is 4.66. The molecule has 27 heavy (non-hydrogen) atoms. The van der Waals surface area contributed by atoms with Gasteiger partial charge in [0.2, 0.25) is 11.7 Å². The molecule has 2 aromatic rings. The lowest BCUT2D eigenvalue weighted by Gasteiger charge is -2.30. The van der Waals surface area contributed by atoms with Crippen LogP contribution in [0.15, 0.2) is 4.52 Å². The molecule has 0 amide bonds. The number of hydrogen-bond acceptors (Lipinski definition) is 9. The standard InChI is InChI=1S/C15H24N8O3.ClH/c1-5-10(17-14-12(23(24)25)9(2)19-22(14)4)15-18-13(20-26-15)11-8-16-6-7-21(11)3;/h10-11,16-17H,5-8H2,1-4H3;1H. The Balaban J connectivity index is 0.00000261. The van der Waals surface area contributed by atoms with E-state index in [1.54, 1.807) is 14.0 Å². The van der Waals surface area contributed by atoms with E-state index in [0.717, 1.165) is 19.6 Å². The average Bonchev–Trinajstić information content (AvgIpc) is 3.17. The Kier molecular flexibility index (Phi) is 6.73. The highest BCUT2D eigenvalue weighted by atomic mass is 35.5. The summed E-state index contributed by atoms with van der Waals surface area (Å²) in [6.45, 7) is 6.16. The predicted molar refractivity (Wildman–Crippen MR) is 101 cm³/mol. The molecule has 0 aromatic carbocycles. The third-order valence-electron chi connectivity index (χ3n) is 4.66. The van der Waals surface area contributed by atoms with E-state index in [1.165, 1.54) is 4.68 Å². The van der Waals surface area contributed by atoms with E-state index in [4.69, 9.17) is 4.52 Å². The van der Waals surface area contributed by atoms with Gasteiger partial charge in [0.1, 0.15) is 11.7 Å². The first-order valence-corrected chi connectivity index (χ1v) is 8.61. The van der Waals surface area contributed by atoms with E-state index >= 15 is 0 Å². The molecule has 1 fully saturated rings. The van der Waals surface area contributed by atoms with Gasteiger partial charge in [-0.3, -0.25) is 15.0 Å². The van der Waals surface area contributed by atoms with Crippen LogP contribution in [0.4, 0.5) is 11.5 Å². The molecule has 11 nitrogen and oxygen atoms in total. The van der Waals surface area contributed by atoms with E-state index in [1.807, 2.05) is 14.0 Å². The summed E-state index contributed by atoms with van der Waals surface area (Å²) in [6, 6.07) is -0.293. The first kappa shape index (κ1) is 21.1. The minimum absolute atomic E-state index is 0. The molecule has 0 radical (unpaired) electrons. The second-order valence-corrected chi connectivity index (χ2v) is 6.46. The van der Waals surface area contributed by atoms with Crippen molar-refractivity contribution in [1.29, 1.82) is 0 Å². The summed E-state index contributed by atoms with van der Waals surface area (Å²) in [7, 11) is 3.69. The highest BCUT2D eigenvalue weighted by molar-refractivity contribution is 5.85. The number of rotatable bonds is 6. The normalized spacial score (nSPS) is 18.7. The van der Waals surface area contributed by atoms with Crippen LogP contribution in [0.3, 0.4) is 0 Å². The largest absolute Gasteiger partial charge is 0.353 e. The van der Waals surface area contributed by atoms with Gasteiger partial charge in [0.15, 0.2) is 5.82 Å². The molecule has 12 heteroatoms. The lowest BCUT2D eigenvalue weighted by molar-refractivity contribution is -0.384. The molecular formula is C15H25ClN8O3. The SMILES string of the molecule is CCC(Nc1c([N+](=O)[O-])c(C)nn1C)c1nc(C2CNCCN2C)no1.Cl. The second kappa shape index (κ2) is 8.63. The number of halogens is 1. The fourth-order valence-electron chi connectivity index (χ4n) is 3.15. The van der Waals surface area contributed by atoms with Crippen molar-refractivity contribution in [2.45, 2.75) is 32.4 Å². The van der Waals surface area contributed by atoms with Crippen molar-refractivity contribution in [1.82, 2.24) is 30.1 Å². The molecular weight excluding hydrogens is 376 g/mol. The van der Waals surface area contributed by atoms with Crippen molar-refractivity contribution >= 4 is 23.9 Å². The van der Waals surface area contributed by atoms with Gasteiger partial charge in [-0.15, -0.1) is 12.4 Å². The lowest BCUT2D eigenvalue weighted by atomic mass is 10.2. The van der Waals surface area contributed by atoms with E-state index in [9.17, 15) is 10.1 Å². The molecule has 1 aliphatic rings. The number of nitrogens with zero attached hydrogens (tertiary/aromatic N) is 6. The Morgan fingerprint density at radius 2 is 2.22 bits per heavy atom. The maximum Gasteiger partial charge on any atom is 0.333 e. The number of aromatic nitrogens is 4. The molecule has 0 aliphatic carbocycles. The van der Waals surface area contributed by atoms with Gasteiger partial charge in [0.05, 0.1) is 11.0 Å². The highest BCUT2D eigenvalue weighted by Gasteiger charge is 2.30. The summed E-state index contributed by atoms with van der Waals surface area (Å²) < 4.78 is 6.93. The molecule has 1 saturated heterocycles. The summed E-state index contributed by atoms with van der Waals surface area (Å²) in [6.07, 6.45) is 0.627. The zero-order chi connectivity index (χ0) is 18.8. The number of nitrogens with one attached hydrogen (secondary N) is 2. The van der Waals surface area contributed by atoms with Gasteiger partial charge in [0, 0.05) is 26.7 Å². The Morgan fingerprint density at radius 1 is 1.48 bits per heavy atom. The summed E-state index contributed by atoms with van der Waals surface area (Å²) in [5.41, 5.74) is 0.317. The van der Waals surface area contributed by atoms with Crippen molar-refractivity contribution in [3.05, 3.63) is 27.5 Å². The average molecular weight is 401 g/mol. The summed E-state index contributed by atoms with van der Waals surface area (Å²) in [5, 5.41) is 26.1. The number of aryl methyl sites for hydroxylation is 2. The molecule has 1 aliphatic heterocycles. The van der Waals surface area contributed by atoms with Crippen LogP contribution < -0.4 is 10.6 Å². The molecule has 3 rings (SSSR count). The first-order chi connectivity index (χ1) is 12.4. The van der Waals surface area contributed by atoms with Gasteiger partial charge in [-0.25, -0.2) is 4.68 Å². The molecule has 2 aromatic heterocycles. The molecule has 2 unspecified atom stereocenters. The molecule has 0 spiro atoms. The van der Waals surface area contributed by atoms with Gasteiger partial charge in [-0.2, -0.15) is 10.1 Å². The van der Waals surface area contributed by atoms with Crippen LogP contribution in [-0.2, 0) is 7.05 Å². The van der Waals surface area contributed by atoms with Crippen LogP contribution >= 0.6 is 12.4 Å². The van der Waals surface area contributed by atoms with Crippen molar-refractivity contribution in [2.75, 3.05) is 32.0 Å².